The largest absolute Gasteiger partial charge is 0.484 e. The lowest BCUT2D eigenvalue weighted by Gasteiger charge is -2.17. The van der Waals surface area contributed by atoms with Crippen LogP contribution in [-0.2, 0) is 9.59 Å². The summed E-state index contributed by atoms with van der Waals surface area (Å²) in [6, 6.07) is 16.7. The normalized spacial score (nSPS) is 13.2. The van der Waals surface area contributed by atoms with Crippen molar-refractivity contribution >= 4 is 22.6 Å². The number of carbonyl (C=O) groups is 2. The lowest BCUT2D eigenvalue weighted by molar-refractivity contribution is -0.137. The average molecular weight is 393 g/mol. The number of hydrogen-bond donors (Lipinski definition) is 2. The highest BCUT2D eigenvalue weighted by molar-refractivity contribution is 5.85. The van der Waals surface area contributed by atoms with E-state index in [9.17, 15) is 14.7 Å². The maximum atomic E-state index is 11.5. The molecule has 0 fully saturated rings. The predicted octanol–water partition coefficient (Wildman–Crippen LogP) is 3.04. The summed E-state index contributed by atoms with van der Waals surface area (Å²) >= 11 is 0. The van der Waals surface area contributed by atoms with E-state index >= 15 is 0 Å². The van der Waals surface area contributed by atoms with Crippen LogP contribution in [0.25, 0.3) is 10.8 Å². The van der Waals surface area contributed by atoms with Crippen LogP contribution in [0.3, 0.4) is 0 Å². The number of nitrogens with two attached hydrogens (primary N) is 1. The number of amides is 1. The van der Waals surface area contributed by atoms with Crippen LogP contribution in [0.1, 0.15) is 23.5 Å². The van der Waals surface area contributed by atoms with Crippen LogP contribution in [0.5, 0.6) is 17.2 Å². The third-order valence-electron chi connectivity index (χ3n) is 4.80. The summed E-state index contributed by atoms with van der Waals surface area (Å²) in [6.45, 7) is -0.0452. The van der Waals surface area contributed by atoms with Crippen LogP contribution >= 0.6 is 0 Å². The van der Waals surface area contributed by atoms with Gasteiger partial charge in [0.2, 0.25) is 6.79 Å². The lowest BCUT2D eigenvalue weighted by atomic mass is 9.87. The number of ether oxygens (including phenoxy) is 3. The zero-order valence-corrected chi connectivity index (χ0v) is 15.5. The number of rotatable bonds is 7. The molecule has 0 spiro atoms. The van der Waals surface area contributed by atoms with Crippen molar-refractivity contribution in [3.63, 3.8) is 0 Å². The van der Waals surface area contributed by atoms with Crippen molar-refractivity contribution < 1.29 is 28.9 Å². The standard InChI is InChI=1S/C22H19NO6/c23-21(24)11-27-17-5-3-13-1-2-14(7-16(13)8-17)18(10-22(25)26)15-4-6-19-20(9-15)29-12-28-19/h1-9,18H,10-12H2,(H2,23,24)(H,25,26). The van der Waals surface area contributed by atoms with Crippen molar-refractivity contribution in [3.8, 4) is 17.2 Å². The molecule has 3 aromatic carbocycles. The van der Waals surface area contributed by atoms with Gasteiger partial charge < -0.3 is 25.1 Å². The number of primary amides is 1. The molecule has 7 nitrogen and oxygen atoms in total. The summed E-state index contributed by atoms with van der Waals surface area (Å²) < 4.78 is 16.2. The first kappa shape index (κ1) is 18.6. The van der Waals surface area contributed by atoms with Gasteiger partial charge in [-0.05, 0) is 46.2 Å². The molecule has 0 saturated carbocycles. The first-order valence-corrected chi connectivity index (χ1v) is 9.06. The summed E-state index contributed by atoms with van der Waals surface area (Å²) in [7, 11) is 0. The van der Waals surface area contributed by atoms with E-state index in [1.165, 1.54) is 0 Å². The molecule has 7 heteroatoms. The predicted molar refractivity (Wildman–Crippen MR) is 105 cm³/mol. The first-order valence-electron chi connectivity index (χ1n) is 9.06. The molecule has 1 amide bonds. The molecule has 1 atom stereocenters. The zero-order chi connectivity index (χ0) is 20.4. The molecule has 0 saturated heterocycles. The van der Waals surface area contributed by atoms with E-state index < -0.39 is 11.9 Å². The van der Waals surface area contributed by atoms with Gasteiger partial charge >= 0.3 is 5.97 Å². The maximum Gasteiger partial charge on any atom is 0.304 e. The third-order valence-corrected chi connectivity index (χ3v) is 4.80. The van der Waals surface area contributed by atoms with Crippen molar-refractivity contribution in [2.24, 2.45) is 5.73 Å². The van der Waals surface area contributed by atoms with Gasteiger partial charge in [0.1, 0.15) is 5.75 Å². The average Bonchev–Trinajstić information content (AvgIpc) is 3.17. The fourth-order valence-corrected chi connectivity index (χ4v) is 3.44. The first-order chi connectivity index (χ1) is 14.0. The van der Waals surface area contributed by atoms with E-state index in [1.807, 2.05) is 36.4 Å². The zero-order valence-electron chi connectivity index (χ0n) is 15.5. The quantitative estimate of drug-likeness (QED) is 0.639. The Morgan fingerprint density at radius 2 is 1.69 bits per heavy atom. The molecule has 1 aliphatic rings. The van der Waals surface area contributed by atoms with Gasteiger partial charge in [-0.1, -0.05) is 30.3 Å². The van der Waals surface area contributed by atoms with Crippen LogP contribution in [0.4, 0.5) is 0 Å². The highest BCUT2D eigenvalue weighted by atomic mass is 16.7. The Morgan fingerprint density at radius 1 is 0.966 bits per heavy atom. The van der Waals surface area contributed by atoms with Crippen LogP contribution in [0.15, 0.2) is 54.6 Å². The van der Waals surface area contributed by atoms with E-state index in [4.69, 9.17) is 19.9 Å². The number of carbonyl (C=O) groups excluding carboxylic acids is 1. The third kappa shape index (κ3) is 4.08. The van der Waals surface area contributed by atoms with E-state index in [1.54, 1.807) is 18.2 Å². The van der Waals surface area contributed by atoms with E-state index in [0.29, 0.717) is 17.2 Å². The van der Waals surface area contributed by atoms with Crippen LogP contribution in [-0.4, -0.2) is 30.4 Å². The van der Waals surface area contributed by atoms with Crippen LogP contribution < -0.4 is 19.9 Å². The summed E-state index contributed by atoms with van der Waals surface area (Å²) in [6.07, 6.45) is -0.0665. The Hall–Kier alpha value is -3.74. The molecule has 4 rings (SSSR count). The minimum Gasteiger partial charge on any atom is -0.484 e. The van der Waals surface area contributed by atoms with E-state index in [2.05, 4.69) is 0 Å². The second-order valence-corrected chi connectivity index (χ2v) is 6.79. The maximum absolute atomic E-state index is 11.5. The number of benzene rings is 3. The monoisotopic (exact) mass is 393 g/mol. The fourth-order valence-electron chi connectivity index (χ4n) is 3.44. The summed E-state index contributed by atoms with van der Waals surface area (Å²) in [5.74, 6) is -0.0270. The molecule has 1 aliphatic heterocycles. The molecule has 29 heavy (non-hydrogen) atoms. The molecule has 3 N–H and O–H groups in total. The topological polar surface area (TPSA) is 108 Å². The van der Waals surface area contributed by atoms with Gasteiger partial charge in [-0.3, -0.25) is 9.59 Å². The van der Waals surface area contributed by atoms with E-state index in [-0.39, 0.29) is 25.7 Å². The van der Waals surface area contributed by atoms with Gasteiger partial charge in [-0.2, -0.15) is 0 Å². The molecule has 1 unspecified atom stereocenters. The molecule has 0 aliphatic carbocycles. The Kier molecular flexibility index (Phi) is 4.95. The summed E-state index contributed by atoms with van der Waals surface area (Å²) in [5, 5.41) is 11.3. The fraction of sp³-hybridized carbons (Fsp3) is 0.182. The smallest absolute Gasteiger partial charge is 0.304 e. The number of aliphatic carboxylic acids is 1. The number of hydrogen-bond acceptors (Lipinski definition) is 5. The van der Waals surface area contributed by atoms with Gasteiger partial charge in [0.15, 0.2) is 18.1 Å². The molecule has 148 valence electrons. The molecule has 3 aromatic rings. The summed E-state index contributed by atoms with van der Waals surface area (Å²) in [5.41, 5.74) is 6.81. The van der Waals surface area contributed by atoms with Crippen molar-refractivity contribution in [3.05, 3.63) is 65.7 Å². The molecule has 0 bridgehead atoms. The van der Waals surface area contributed by atoms with Gasteiger partial charge in [0.05, 0.1) is 6.42 Å². The molecule has 0 radical (unpaired) electrons. The number of carboxylic acids is 1. The Bertz CT molecular complexity index is 1090. The number of carboxylic acid groups (broad SMARTS) is 1. The Balaban J connectivity index is 1.71. The SMILES string of the molecule is NC(=O)COc1ccc2ccc(C(CC(=O)O)c3ccc4c(c3)OCO4)cc2c1. The van der Waals surface area contributed by atoms with E-state index in [0.717, 1.165) is 21.9 Å². The Morgan fingerprint density at radius 3 is 2.48 bits per heavy atom. The highest BCUT2D eigenvalue weighted by Crippen LogP contribution is 2.38. The minimum absolute atomic E-state index is 0.0665. The van der Waals surface area contributed by atoms with Crippen LogP contribution in [0.2, 0.25) is 0 Å². The molecule has 0 aromatic heterocycles. The Labute approximate surface area is 166 Å². The van der Waals surface area contributed by atoms with Gasteiger partial charge in [-0.25, -0.2) is 0 Å². The molecular formula is C22H19NO6. The second-order valence-electron chi connectivity index (χ2n) is 6.79. The lowest BCUT2D eigenvalue weighted by Crippen LogP contribution is -2.19. The van der Waals surface area contributed by atoms with Gasteiger partial charge in [-0.15, -0.1) is 0 Å². The molecular weight excluding hydrogens is 374 g/mol. The van der Waals surface area contributed by atoms with Crippen LogP contribution in [0, 0.1) is 0 Å². The van der Waals surface area contributed by atoms with Crippen molar-refractivity contribution in [1.29, 1.82) is 0 Å². The molecule has 1 heterocycles. The second kappa shape index (κ2) is 7.71. The summed E-state index contributed by atoms with van der Waals surface area (Å²) in [4.78, 5) is 22.5. The van der Waals surface area contributed by atoms with Crippen molar-refractivity contribution in [1.82, 2.24) is 0 Å². The van der Waals surface area contributed by atoms with Gasteiger partial charge in [0, 0.05) is 5.92 Å². The van der Waals surface area contributed by atoms with Crippen molar-refractivity contribution in [2.45, 2.75) is 12.3 Å². The minimum atomic E-state index is -0.897. The van der Waals surface area contributed by atoms with Crippen molar-refractivity contribution in [2.75, 3.05) is 13.4 Å². The van der Waals surface area contributed by atoms with Gasteiger partial charge in [0.25, 0.3) is 5.91 Å². The highest BCUT2D eigenvalue weighted by Gasteiger charge is 2.22. The number of fused-ring (bicyclic) bond motifs is 2.